The minimum Gasteiger partial charge on any atom is -0.379 e. The van der Waals surface area contributed by atoms with E-state index in [1.807, 2.05) is 36.4 Å². The molecule has 0 aliphatic carbocycles. The summed E-state index contributed by atoms with van der Waals surface area (Å²) in [7, 11) is 0. The van der Waals surface area contributed by atoms with Gasteiger partial charge in [0.1, 0.15) is 0 Å². The van der Waals surface area contributed by atoms with Crippen molar-refractivity contribution >= 4 is 22.8 Å². The summed E-state index contributed by atoms with van der Waals surface area (Å²) in [5.74, 6) is 0.141. The number of rotatable bonds is 7. The summed E-state index contributed by atoms with van der Waals surface area (Å²) in [6.07, 6.45) is 0.744. The van der Waals surface area contributed by atoms with Crippen LogP contribution in [0.4, 0.5) is 19.1 Å². The van der Waals surface area contributed by atoms with E-state index >= 15 is 0 Å². The van der Waals surface area contributed by atoms with Crippen molar-refractivity contribution in [1.29, 1.82) is 0 Å². The van der Waals surface area contributed by atoms with E-state index in [4.69, 9.17) is 4.74 Å². The minimum atomic E-state index is -4.49. The molecule has 36 heavy (non-hydrogen) atoms. The SMILES string of the molecule is Cc1cn(CCOCCC(=O)N2CCN(c3ncc(C(F)(F)F)cn3)C(C)(C)C2)c2cn[nH]c(=O)c12. The monoisotopic (exact) mass is 507 g/mol. The lowest BCUT2D eigenvalue weighted by Gasteiger charge is -2.47. The van der Waals surface area contributed by atoms with E-state index in [0.717, 1.165) is 23.5 Å². The van der Waals surface area contributed by atoms with Gasteiger partial charge in [0.25, 0.3) is 5.56 Å². The zero-order chi connectivity index (χ0) is 26.1. The van der Waals surface area contributed by atoms with Gasteiger partial charge in [-0.2, -0.15) is 18.3 Å². The number of fused-ring (bicyclic) bond motifs is 1. The number of anilines is 1. The molecule has 1 amide bonds. The number of aryl methyl sites for hydroxylation is 1. The summed E-state index contributed by atoms with van der Waals surface area (Å²) in [5, 5.41) is 6.88. The highest BCUT2D eigenvalue weighted by Gasteiger charge is 2.38. The number of alkyl halides is 3. The van der Waals surface area contributed by atoms with Crippen molar-refractivity contribution in [2.24, 2.45) is 0 Å². The predicted octanol–water partition coefficient (Wildman–Crippen LogP) is 2.38. The Morgan fingerprint density at radius 2 is 1.89 bits per heavy atom. The molecule has 3 aromatic rings. The predicted molar refractivity (Wildman–Crippen MR) is 126 cm³/mol. The molecule has 1 fully saturated rings. The first-order valence-corrected chi connectivity index (χ1v) is 11.5. The fourth-order valence-electron chi connectivity index (χ4n) is 4.47. The normalized spacial score (nSPS) is 16.1. The number of piperazine rings is 1. The van der Waals surface area contributed by atoms with E-state index in [1.165, 1.54) is 0 Å². The molecule has 1 aliphatic rings. The maximum atomic E-state index is 12.8. The molecule has 3 aromatic heterocycles. The summed E-state index contributed by atoms with van der Waals surface area (Å²) < 4.78 is 46.0. The number of carbonyl (C=O) groups is 1. The Balaban J connectivity index is 1.26. The third-order valence-corrected chi connectivity index (χ3v) is 6.29. The van der Waals surface area contributed by atoms with Crippen LogP contribution in [-0.2, 0) is 22.3 Å². The van der Waals surface area contributed by atoms with Crippen LogP contribution in [0.3, 0.4) is 0 Å². The highest BCUT2D eigenvalue weighted by molar-refractivity contribution is 5.81. The van der Waals surface area contributed by atoms with E-state index in [1.54, 1.807) is 11.1 Å². The van der Waals surface area contributed by atoms with Crippen LogP contribution in [0, 0.1) is 6.92 Å². The summed E-state index contributed by atoms with van der Waals surface area (Å²) in [4.78, 5) is 36.1. The zero-order valence-electron chi connectivity index (χ0n) is 20.3. The van der Waals surface area contributed by atoms with Gasteiger partial charge in [-0.3, -0.25) is 9.59 Å². The number of carbonyl (C=O) groups excluding carboxylic acids is 1. The fraction of sp³-hybridized carbons (Fsp3) is 0.522. The second-order valence-electron chi connectivity index (χ2n) is 9.38. The average Bonchev–Trinajstić information content (AvgIpc) is 3.14. The van der Waals surface area contributed by atoms with Crippen LogP contribution in [0.25, 0.3) is 10.9 Å². The van der Waals surface area contributed by atoms with Crippen molar-refractivity contribution in [1.82, 2.24) is 29.6 Å². The molecule has 0 saturated carbocycles. The van der Waals surface area contributed by atoms with E-state index in [0.29, 0.717) is 38.2 Å². The number of aromatic nitrogens is 5. The number of halogens is 3. The Hall–Kier alpha value is -3.48. The standard InChI is InChI=1S/C23H28F3N7O3/c1-15-13-31(17-12-29-30-20(35)19(15)17)7-9-36-8-4-18(34)32-5-6-33(22(2,3)14-32)21-27-10-16(11-28-21)23(24,25)26/h10-13H,4-9,14H2,1-3H3,(H,30,35). The molecule has 0 spiro atoms. The van der Waals surface area contributed by atoms with Gasteiger partial charge in [0.2, 0.25) is 11.9 Å². The second-order valence-corrected chi connectivity index (χ2v) is 9.38. The van der Waals surface area contributed by atoms with Gasteiger partial charge in [0, 0.05) is 44.8 Å². The van der Waals surface area contributed by atoms with E-state index in [9.17, 15) is 22.8 Å². The topological polar surface area (TPSA) is 109 Å². The zero-order valence-corrected chi connectivity index (χ0v) is 20.3. The maximum absolute atomic E-state index is 12.8. The lowest BCUT2D eigenvalue weighted by Crippen LogP contribution is -2.61. The third-order valence-electron chi connectivity index (χ3n) is 6.29. The maximum Gasteiger partial charge on any atom is 0.419 e. The minimum absolute atomic E-state index is 0.0611. The van der Waals surface area contributed by atoms with Gasteiger partial charge >= 0.3 is 6.18 Å². The van der Waals surface area contributed by atoms with Crippen LogP contribution in [0.5, 0.6) is 0 Å². The number of H-pyrrole nitrogens is 1. The van der Waals surface area contributed by atoms with Crippen LogP contribution < -0.4 is 10.5 Å². The van der Waals surface area contributed by atoms with E-state index in [2.05, 4.69) is 20.2 Å². The summed E-state index contributed by atoms with van der Waals surface area (Å²) >= 11 is 0. The number of nitrogens with zero attached hydrogens (tertiary/aromatic N) is 6. The Bertz CT molecular complexity index is 1280. The number of nitrogens with one attached hydrogen (secondary N) is 1. The molecule has 194 valence electrons. The molecule has 1 aliphatic heterocycles. The quantitative estimate of drug-likeness (QED) is 0.489. The van der Waals surface area contributed by atoms with E-state index in [-0.39, 0.29) is 30.4 Å². The van der Waals surface area contributed by atoms with Gasteiger partial charge in [-0.15, -0.1) is 0 Å². The molecule has 1 N–H and O–H groups in total. The van der Waals surface area contributed by atoms with Gasteiger partial charge in [-0.25, -0.2) is 15.1 Å². The number of aromatic amines is 1. The lowest BCUT2D eigenvalue weighted by molar-refractivity contribution is -0.138. The van der Waals surface area contributed by atoms with E-state index < -0.39 is 17.3 Å². The molecule has 13 heteroatoms. The molecule has 1 saturated heterocycles. The number of hydrogen-bond acceptors (Lipinski definition) is 7. The van der Waals surface area contributed by atoms with Crippen molar-refractivity contribution in [3.8, 4) is 0 Å². The fourth-order valence-corrected chi connectivity index (χ4v) is 4.47. The summed E-state index contributed by atoms with van der Waals surface area (Å²) in [6.45, 7) is 7.97. The van der Waals surface area contributed by atoms with Crippen LogP contribution in [0.1, 0.15) is 31.4 Å². The molecule has 0 unspecified atom stereocenters. The van der Waals surface area contributed by atoms with Crippen molar-refractivity contribution in [3.63, 3.8) is 0 Å². The summed E-state index contributed by atoms with van der Waals surface area (Å²) in [5.41, 5.74) is -0.111. The molecular weight excluding hydrogens is 479 g/mol. The van der Waals surface area contributed by atoms with Gasteiger partial charge < -0.3 is 19.1 Å². The second kappa shape index (κ2) is 9.88. The molecule has 0 bridgehead atoms. The molecular formula is C23H28F3N7O3. The molecule has 4 heterocycles. The Labute approximate surface area is 205 Å². The molecule has 0 radical (unpaired) electrons. The molecule has 0 atom stereocenters. The van der Waals surface area contributed by atoms with Gasteiger partial charge in [-0.05, 0) is 26.3 Å². The van der Waals surface area contributed by atoms with Crippen LogP contribution in [-0.4, -0.2) is 73.9 Å². The average molecular weight is 508 g/mol. The van der Waals surface area contributed by atoms with Crippen molar-refractivity contribution < 1.29 is 22.7 Å². The lowest BCUT2D eigenvalue weighted by atomic mass is 9.99. The first-order valence-electron chi connectivity index (χ1n) is 11.5. The van der Waals surface area contributed by atoms with Gasteiger partial charge in [-0.1, -0.05) is 0 Å². The number of amides is 1. The number of hydrogen-bond donors (Lipinski definition) is 1. The summed E-state index contributed by atoms with van der Waals surface area (Å²) in [6, 6.07) is 0. The third kappa shape index (κ3) is 5.35. The number of ether oxygens (including phenoxy) is 1. The smallest absolute Gasteiger partial charge is 0.379 e. The molecule has 4 rings (SSSR count). The van der Waals surface area contributed by atoms with Crippen molar-refractivity contribution in [2.45, 2.75) is 45.5 Å². The Kier molecular flexibility index (Phi) is 7.03. The van der Waals surface area contributed by atoms with Gasteiger partial charge in [0.15, 0.2) is 0 Å². The Morgan fingerprint density at radius 3 is 2.56 bits per heavy atom. The van der Waals surface area contributed by atoms with Crippen molar-refractivity contribution in [2.75, 3.05) is 37.7 Å². The Morgan fingerprint density at radius 1 is 1.17 bits per heavy atom. The van der Waals surface area contributed by atoms with Crippen molar-refractivity contribution in [3.05, 3.63) is 46.3 Å². The van der Waals surface area contributed by atoms with Crippen LogP contribution in [0.15, 0.2) is 29.6 Å². The first-order chi connectivity index (χ1) is 17.0. The highest BCUT2D eigenvalue weighted by atomic mass is 19.4. The molecule has 0 aromatic carbocycles. The van der Waals surface area contributed by atoms with Crippen LogP contribution >= 0.6 is 0 Å². The molecule has 10 nitrogen and oxygen atoms in total. The largest absolute Gasteiger partial charge is 0.419 e. The highest BCUT2D eigenvalue weighted by Crippen LogP contribution is 2.30. The first kappa shape index (κ1) is 25.6. The van der Waals surface area contributed by atoms with Crippen LogP contribution in [0.2, 0.25) is 0 Å². The van der Waals surface area contributed by atoms with Gasteiger partial charge in [0.05, 0.1) is 47.8 Å².